The van der Waals surface area contributed by atoms with Crippen molar-refractivity contribution in [3.8, 4) is 0 Å². The zero-order valence-electron chi connectivity index (χ0n) is 15.4. The number of nitrogens with two attached hydrogens (primary N) is 1. The lowest BCUT2D eigenvalue weighted by molar-refractivity contribution is -0.128. The predicted octanol–water partition coefficient (Wildman–Crippen LogP) is 2.50. The van der Waals surface area contributed by atoms with Crippen molar-refractivity contribution in [3.05, 3.63) is 53.6 Å². The normalized spacial score (nSPS) is 14.9. The third-order valence-electron chi connectivity index (χ3n) is 4.63. The summed E-state index contributed by atoms with van der Waals surface area (Å²) >= 11 is 0. The van der Waals surface area contributed by atoms with Gasteiger partial charge in [-0.1, -0.05) is 24.3 Å². The molecule has 0 unspecified atom stereocenters. The molecule has 0 fully saturated rings. The molecule has 2 amide bonds. The Hall–Kier alpha value is -3.35. The molecule has 0 aromatic heterocycles. The highest BCUT2D eigenvalue weighted by atomic mass is 16.5. The summed E-state index contributed by atoms with van der Waals surface area (Å²) in [6.07, 6.45) is 0. The molecule has 27 heavy (non-hydrogen) atoms. The summed E-state index contributed by atoms with van der Waals surface area (Å²) in [6.45, 7) is 4.55. The highest BCUT2D eigenvalue weighted by Gasteiger charge is 2.43. The number of esters is 1. The second-order valence-electron chi connectivity index (χ2n) is 6.87. The van der Waals surface area contributed by atoms with Gasteiger partial charge in [0.05, 0.1) is 16.9 Å². The van der Waals surface area contributed by atoms with E-state index < -0.39 is 24.0 Å². The molecular formula is C20H21N3O4. The van der Waals surface area contributed by atoms with Crippen LogP contribution in [0.3, 0.4) is 0 Å². The van der Waals surface area contributed by atoms with Crippen molar-refractivity contribution >= 4 is 34.8 Å². The van der Waals surface area contributed by atoms with Crippen LogP contribution >= 0.6 is 0 Å². The van der Waals surface area contributed by atoms with Gasteiger partial charge in [0.25, 0.3) is 5.91 Å². The quantitative estimate of drug-likeness (QED) is 0.641. The minimum absolute atomic E-state index is 0.207. The van der Waals surface area contributed by atoms with E-state index in [1.54, 1.807) is 63.2 Å². The van der Waals surface area contributed by atoms with Gasteiger partial charge in [0, 0.05) is 5.69 Å². The Labute approximate surface area is 157 Å². The Balaban J connectivity index is 1.82. The number of para-hydroxylation sites is 3. The average molecular weight is 367 g/mol. The fourth-order valence-corrected chi connectivity index (χ4v) is 3.03. The first kappa shape index (κ1) is 18.4. The summed E-state index contributed by atoms with van der Waals surface area (Å²) in [5, 5.41) is 2.78. The van der Waals surface area contributed by atoms with Gasteiger partial charge in [-0.15, -0.1) is 0 Å². The molecule has 0 bridgehead atoms. The van der Waals surface area contributed by atoms with Crippen LogP contribution in [-0.2, 0) is 14.3 Å². The molecule has 0 saturated carbocycles. The van der Waals surface area contributed by atoms with Gasteiger partial charge in [-0.2, -0.15) is 0 Å². The number of carbonyl (C=O) groups excluding carboxylic acids is 3. The number of rotatable bonds is 3. The number of hydrogen-bond acceptors (Lipinski definition) is 5. The number of fused-ring (bicyclic) bond motifs is 1. The van der Waals surface area contributed by atoms with E-state index in [9.17, 15) is 14.4 Å². The highest BCUT2D eigenvalue weighted by Crippen LogP contribution is 2.36. The molecule has 140 valence electrons. The number of benzene rings is 2. The fourth-order valence-electron chi connectivity index (χ4n) is 3.03. The van der Waals surface area contributed by atoms with Gasteiger partial charge < -0.3 is 15.8 Å². The first-order valence-corrected chi connectivity index (χ1v) is 8.49. The molecule has 7 heteroatoms. The van der Waals surface area contributed by atoms with E-state index >= 15 is 0 Å². The van der Waals surface area contributed by atoms with Crippen molar-refractivity contribution in [2.24, 2.45) is 0 Å². The molecular weight excluding hydrogens is 346 g/mol. The van der Waals surface area contributed by atoms with E-state index in [2.05, 4.69) is 5.32 Å². The molecule has 1 aliphatic rings. The maximum atomic E-state index is 12.8. The van der Waals surface area contributed by atoms with Crippen molar-refractivity contribution < 1.29 is 19.1 Å². The standard InChI is InChI=1S/C20H21N3O4/c1-12-7-6-8-13(17(12)21)18(25)27-11-16(24)23-15-10-5-4-9-14(15)22-19(26)20(23,2)3/h4-10H,11,21H2,1-3H3,(H,22,26). The van der Waals surface area contributed by atoms with Gasteiger partial charge in [-0.25, -0.2) is 4.79 Å². The lowest BCUT2D eigenvalue weighted by Crippen LogP contribution is -2.59. The summed E-state index contributed by atoms with van der Waals surface area (Å²) in [6, 6.07) is 12.0. The van der Waals surface area contributed by atoms with Crippen molar-refractivity contribution in [1.29, 1.82) is 0 Å². The molecule has 0 atom stereocenters. The summed E-state index contributed by atoms with van der Waals surface area (Å²) in [5.74, 6) is -1.50. The summed E-state index contributed by atoms with van der Waals surface area (Å²) in [7, 11) is 0. The largest absolute Gasteiger partial charge is 0.452 e. The molecule has 2 aromatic carbocycles. The van der Waals surface area contributed by atoms with Crippen molar-refractivity contribution in [1.82, 2.24) is 0 Å². The number of amides is 2. The van der Waals surface area contributed by atoms with Crippen LogP contribution in [0.5, 0.6) is 0 Å². The van der Waals surface area contributed by atoms with Crippen molar-refractivity contribution in [2.45, 2.75) is 26.3 Å². The maximum Gasteiger partial charge on any atom is 0.340 e. The van der Waals surface area contributed by atoms with Gasteiger partial charge in [-0.3, -0.25) is 14.5 Å². The van der Waals surface area contributed by atoms with E-state index in [1.807, 2.05) is 0 Å². The summed E-state index contributed by atoms with van der Waals surface area (Å²) < 4.78 is 5.18. The molecule has 7 nitrogen and oxygen atoms in total. The maximum absolute atomic E-state index is 12.8. The molecule has 3 N–H and O–H groups in total. The number of ether oxygens (including phenoxy) is 1. The molecule has 0 saturated heterocycles. The van der Waals surface area contributed by atoms with Crippen molar-refractivity contribution in [2.75, 3.05) is 22.6 Å². The van der Waals surface area contributed by atoms with Crippen LogP contribution in [0.25, 0.3) is 0 Å². The topological polar surface area (TPSA) is 102 Å². The molecule has 0 radical (unpaired) electrons. The second kappa shape index (κ2) is 6.75. The van der Waals surface area contributed by atoms with Gasteiger partial charge >= 0.3 is 5.97 Å². The van der Waals surface area contributed by atoms with Crippen LogP contribution in [-0.4, -0.2) is 29.9 Å². The van der Waals surface area contributed by atoms with Crippen LogP contribution < -0.4 is 16.0 Å². The number of aryl methyl sites for hydroxylation is 1. The molecule has 1 heterocycles. The zero-order chi connectivity index (χ0) is 19.8. The van der Waals surface area contributed by atoms with Gasteiger partial charge in [0.1, 0.15) is 5.54 Å². The Bertz CT molecular complexity index is 937. The van der Waals surface area contributed by atoms with Crippen LogP contribution in [0.1, 0.15) is 29.8 Å². The lowest BCUT2D eigenvalue weighted by atomic mass is 9.96. The van der Waals surface area contributed by atoms with Crippen LogP contribution in [0.2, 0.25) is 0 Å². The van der Waals surface area contributed by atoms with Crippen LogP contribution in [0.4, 0.5) is 17.1 Å². The van der Waals surface area contributed by atoms with Crippen molar-refractivity contribution in [3.63, 3.8) is 0 Å². The van der Waals surface area contributed by atoms with E-state index in [1.165, 1.54) is 4.90 Å². The number of carbonyl (C=O) groups is 3. The summed E-state index contributed by atoms with van der Waals surface area (Å²) in [4.78, 5) is 38.9. The summed E-state index contributed by atoms with van der Waals surface area (Å²) in [5.41, 5.74) is 7.14. The monoisotopic (exact) mass is 367 g/mol. The molecule has 3 rings (SSSR count). The third-order valence-corrected chi connectivity index (χ3v) is 4.63. The lowest BCUT2D eigenvalue weighted by Gasteiger charge is -2.41. The predicted molar refractivity (Wildman–Crippen MR) is 103 cm³/mol. The molecule has 0 spiro atoms. The SMILES string of the molecule is Cc1cccc(C(=O)OCC(=O)N2c3ccccc3NC(=O)C2(C)C)c1N. The number of nitrogen functional groups attached to an aromatic ring is 1. The Morgan fingerprint density at radius 2 is 1.85 bits per heavy atom. The van der Waals surface area contributed by atoms with E-state index in [0.29, 0.717) is 17.1 Å². The Kier molecular flexibility index (Phi) is 4.61. The van der Waals surface area contributed by atoms with Gasteiger partial charge in [0.2, 0.25) is 5.91 Å². The fraction of sp³-hybridized carbons (Fsp3) is 0.250. The van der Waals surface area contributed by atoms with Gasteiger partial charge in [0.15, 0.2) is 6.61 Å². The van der Waals surface area contributed by atoms with E-state index in [0.717, 1.165) is 5.56 Å². The molecule has 1 aliphatic heterocycles. The van der Waals surface area contributed by atoms with Crippen LogP contribution in [0.15, 0.2) is 42.5 Å². The molecule has 2 aromatic rings. The Morgan fingerprint density at radius 3 is 2.59 bits per heavy atom. The third kappa shape index (κ3) is 3.23. The minimum atomic E-state index is -1.12. The minimum Gasteiger partial charge on any atom is -0.452 e. The Morgan fingerprint density at radius 1 is 1.15 bits per heavy atom. The van der Waals surface area contributed by atoms with Crippen LogP contribution in [0, 0.1) is 6.92 Å². The number of nitrogens with one attached hydrogen (secondary N) is 1. The number of anilines is 3. The van der Waals surface area contributed by atoms with E-state index in [4.69, 9.17) is 10.5 Å². The number of nitrogens with zero attached hydrogens (tertiary/aromatic N) is 1. The molecule has 0 aliphatic carbocycles. The zero-order valence-corrected chi connectivity index (χ0v) is 15.4. The second-order valence-corrected chi connectivity index (χ2v) is 6.87. The number of hydrogen-bond donors (Lipinski definition) is 2. The average Bonchev–Trinajstić information content (AvgIpc) is 2.62. The first-order valence-electron chi connectivity index (χ1n) is 8.49. The van der Waals surface area contributed by atoms with E-state index in [-0.39, 0.29) is 11.5 Å². The van der Waals surface area contributed by atoms with Gasteiger partial charge in [-0.05, 0) is 44.5 Å². The first-order chi connectivity index (χ1) is 12.7. The smallest absolute Gasteiger partial charge is 0.340 e. The highest BCUT2D eigenvalue weighted by molar-refractivity contribution is 6.14.